The van der Waals surface area contributed by atoms with Gasteiger partial charge in [-0.3, -0.25) is 14.4 Å². The minimum absolute atomic E-state index is 0.0733. The fourth-order valence-electron chi connectivity index (χ4n) is 7.00. The molecule has 2 unspecified atom stereocenters. The van der Waals surface area contributed by atoms with E-state index in [4.69, 9.17) is 23.7 Å². The lowest BCUT2D eigenvalue weighted by molar-refractivity contribution is -0.198. The summed E-state index contributed by atoms with van der Waals surface area (Å²) in [5.74, 6) is -1.06. The molecule has 0 spiro atoms. The molecule has 2 saturated heterocycles. The number of benzene rings is 2. The van der Waals surface area contributed by atoms with Crippen molar-refractivity contribution in [2.75, 3.05) is 49.5 Å². The molecule has 54 heavy (non-hydrogen) atoms. The van der Waals surface area contributed by atoms with Crippen LogP contribution >= 0.6 is 0 Å². The quantitative estimate of drug-likeness (QED) is 0.163. The molecule has 1 aromatic heterocycles. The number of ether oxygens (including phenoxy) is 5. The van der Waals surface area contributed by atoms with Crippen LogP contribution in [0, 0.1) is 0 Å². The van der Waals surface area contributed by atoms with Crippen molar-refractivity contribution < 1.29 is 52.8 Å². The van der Waals surface area contributed by atoms with Crippen LogP contribution in [0.3, 0.4) is 0 Å². The lowest BCUT2D eigenvalue weighted by Gasteiger charge is -2.42. The summed E-state index contributed by atoms with van der Waals surface area (Å²) in [6.45, 7) is 1.06. The number of esters is 1. The number of rotatable bonds is 12. The number of hydrogen-bond acceptors (Lipinski definition) is 10. The van der Waals surface area contributed by atoms with E-state index < -0.39 is 36.5 Å². The average molecular weight is 748 g/mol. The van der Waals surface area contributed by atoms with Gasteiger partial charge in [-0.25, -0.2) is 14.5 Å². The van der Waals surface area contributed by atoms with Crippen molar-refractivity contribution in [1.82, 2.24) is 9.47 Å². The summed E-state index contributed by atoms with van der Waals surface area (Å²) in [7, 11) is 4.40. The second kappa shape index (κ2) is 17.0. The highest BCUT2D eigenvalue weighted by molar-refractivity contribution is 6.06. The van der Waals surface area contributed by atoms with Gasteiger partial charge in [0.2, 0.25) is 5.91 Å². The van der Waals surface area contributed by atoms with Gasteiger partial charge in [-0.15, -0.1) is 0 Å². The maximum Gasteiger partial charge on any atom is 0.414 e. The van der Waals surface area contributed by atoms with Crippen LogP contribution < -0.4 is 25.0 Å². The minimum atomic E-state index is -1.28. The highest BCUT2D eigenvalue weighted by atomic mass is 16.7. The van der Waals surface area contributed by atoms with Crippen molar-refractivity contribution in [3.63, 3.8) is 0 Å². The topological polar surface area (TPSA) is 187 Å². The van der Waals surface area contributed by atoms with E-state index in [1.807, 2.05) is 0 Å². The molecule has 0 aliphatic carbocycles. The molecule has 6 rings (SSSR count). The van der Waals surface area contributed by atoms with E-state index >= 15 is 0 Å². The Morgan fingerprint density at radius 1 is 0.944 bits per heavy atom. The zero-order chi connectivity index (χ0) is 38.4. The molecule has 3 atom stereocenters. The summed E-state index contributed by atoms with van der Waals surface area (Å²) in [5, 5.41) is 16.1. The summed E-state index contributed by atoms with van der Waals surface area (Å²) in [6, 6.07) is 10.3. The van der Waals surface area contributed by atoms with Crippen LogP contribution in [0.25, 0.3) is 0 Å². The number of piperidine rings is 1. The molecular weight excluding hydrogens is 702 g/mol. The SMILES string of the molecule is COC(=O)c1ccc(NC(=O)c2cc(NC(=O)CCCOc3cc4c(cc3OC)C(=O)N3CCCC[C@H]3C(OC3CCCCO3)N4C(=O)O)cn2C)cc1. The molecule has 2 aromatic carbocycles. The standard InChI is InChI=1S/C38H45N5O11/c1-41-22-25(19-29(41)34(45)40-24-14-12-23(13-15-24)37(47)51-3)39-32(44)10-8-18-52-31-21-28-26(20-30(31)50-2)35(46)42-16-6-4-9-27(42)36(43(28)38(48)49)54-33-11-5-7-17-53-33/h12-15,19-22,27,33,36H,4-11,16-18H2,1-3H3,(H,39,44)(H,40,45)(H,48,49)/t27-,33?,36?/m0/s1. The van der Waals surface area contributed by atoms with Crippen molar-refractivity contribution in [3.8, 4) is 11.5 Å². The van der Waals surface area contributed by atoms with Crippen molar-refractivity contribution in [3.05, 3.63) is 65.5 Å². The van der Waals surface area contributed by atoms with E-state index in [1.165, 1.54) is 26.4 Å². The van der Waals surface area contributed by atoms with Gasteiger partial charge in [0.05, 0.1) is 49.4 Å². The van der Waals surface area contributed by atoms with Crippen LogP contribution in [0.15, 0.2) is 48.7 Å². The van der Waals surface area contributed by atoms with Crippen LogP contribution in [0.5, 0.6) is 11.5 Å². The highest BCUT2D eigenvalue weighted by Gasteiger charge is 2.46. The van der Waals surface area contributed by atoms with E-state index in [-0.39, 0.29) is 54.0 Å². The van der Waals surface area contributed by atoms with Crippen LogP contribution in [-0.2, 0) is 26.1 Å². The van der Waals surface area contributed by atoms with Gasteiger partial charge in [0.25, 0.3) is 11.8 Å². The van der Waals surface area contributed by atoms with Gasteiger partial charge in [-0.2, -0.15) is 0 Å². The molecule has 3 aromatic rings. The predicted octanol–water partition coefficient (Wildman–Crippen LogP) is 5.23. The lowest BCUT2D eigenvalue weighted by atomic mass is 10.00. The summed E-state index contributed by atoms with van der Waals surface area (Å²) >= 11 is 0. The normalized spacial score (nSPS) is 19.5. The summed E-state index contributed by atoms with van der Waals surface area (Å²) in [4.78, 5) is 67.2. The number of nitrogens with zero attached hydrogens (tertiary/aromatic N) is 3. The van der Waals surface area contributed by atoms with Crippen LogP contribution in [-0.4, -0.2) is 96.9 Å². The second-order valence-corrected chi connectivity index (χ2v) is 13.3. The Bertz CT molecular complexity index is 1870. The molecule has 3 N–H and O–H groups in total. The molecule has 0 saturated carbocycles. The fourth-order valence-corrected chi connectivity index (χ4v) is 7.00. The van der Waals surface area contributed by atoms with E-state index in [2.05, 4.69) is 10.6 Å². The lowest BCUT2D eigenvalue weighted by Crippen LogP contribution is -2.57. The predicted molar refractivity (Wildman–Crippen MR) is 195 cm³/mol. The molecule has 16 nitrogen and oxygen atoms in total. The van der Waals surface area contributed by atoms with E-state index in [0.717, 1.165) is 30.6 Å². The average Bonchev–Trinajstić information content (AvgIpc) is 3.51. The van der Waals surface area contributed by atoms with Gasteiger partial charge in [-0.05, 0) is 81.3 Å². The van der Waals surface area contributed by atoms with Gasteiger partial charge >= 0.3 is 12.1 Å². The second-order valence-electron chi connectivity index (χ2n) is 13.3. The van der Waals surface area contributed by atoms with Crippen LogP contribution in [0.2, 0.25) is 0 Å². The van der Waals surface area contributed by atoms with Gasteiger partial charge in [0.1, 0.15) is 5.69 Å². The molecule has 4 heterocycles. The molecular formula is C38H45N5O11. The number of methoxy groups -OCH3 is 2. The zero-order valence-electron chi connectivity index (χ0n) is 30.5. The van der Waals surface area contributed by atoms with Crippen LogP contribution in [0.1, 0.15) is 82.6 Å². The number of carbonyl (C=O) groups excluding carboxylic acids is 4. The molecule has 0 bridgehead atoms. The highest BCUT2D eigenvalue weighted by Crippen LogP contribution is 2.42. The summed E-state index contributed by atoms with van der Waals surface area (Å²) < 4.78 is 30.1. The van der Waals surface area contributed by atoms with E-state index in [1.54, 1.807) is 53.0 Å². The number of hydrogen-bond donors (Lipinski definition) is 3. The Balaban J connectivity index is 1.10. The number of amides is 4. The van der Waals surface area contributed by atoms with Gasteiger partial charge < -0.3 is 48.9 Å². The summed E-state index contributed by atoms with van der Waals surface area (Å²) in [6.07, 6.45) is 3.72. The zero-order valence-corrected chi connectivity index (χ0v) is 30.5. The first-order valence-electron chi connectivity index (χ1n) is 18.0. The third-order valence-corrected chi connectivity index (χ3v) is 9.69. The molecule has 16 heteroatoms. The minimum Gasteiger partial charge on any atom is -0.493 e. The number of carboxylic acid groups (broad SMARTS) is 1. The number of aryl methyl sites for hydroxylation is 1. The monoisotopic (exact) mass is 747 g/mol. The Hall–Kier alpha value is -5.61. The fraction of sp³-hybridized carbons (Fsp3) is 0.447. The van der Waals surface area contributed by atoms with E-state index in [9.17, 15) is 29.1 Å². The first kappa shape index (κ1) is 38.1. The number of carbonyl (C=O) groups is 5. The van der Waals surface area contributed by atoms with Crippen LogP contribution in [0.4, 0.5) is 21.9 Å². The number of aromatic nitrogens is 1. The smallest absolute Gasteiger partial charge is 0.414 e. The molecule has 4 amide bonds. The largest absolute Gasteiger partial charge is 0.493 e. The number of nitrogens with one attached hydrogen (secondary N) is 2. The number of anilines is 3. The van der Waals surface area contributed by atoms with Gasteiger partial charge in [-0.1, -0.05) is 0 Å². The van der Waals surface area contributed by atoms with E-state index in [0.29, 0.717) is 48.6 Å². The summed E-state index contributed by atoms with van der Waals surface area (Å²) in [5.41, 5.74) is 1.83. The first-order valence-corrected chi connectivity index (χ1v) is 18.0. The third kappa shape index (κ3) is 8.44. The maximum absolute atomic E-state index is 14.0. The molecule has 3 aliphatic rings. The van der Waals surface area contributed by atoms with Crippen molar-refractivity contribution in [2.24, 2.45) is 7.05 Å². The van der Waals surface area contributed by atoms with Crippen molar-refractivity contribution in [1.29, 1.82) is 0 Å². The molecule has 3 aliphatic heterocycles. The van der Waals surface area contributed by atoms with Crippen molar-refractivity contribution in [2.45, 2.75) is 69.9 Å². The molecule has 0 radical (unpaired) electrons. The molecule has 288 valence electrons. The maximum atomic E-state index is 14.0. The Kier molecular flexibility index (Phi) is 12.0. The first-order chi connectivity index (χ1) is 26.1. The number of fused-ring (bicyclic) bond motifs is 2. The van der Waals surface area contributed by atoms with Crippen molar-refractivity contribution >= 4 is 46.8 Å². The van der Waals surface area contributed by atoms with Gasteiger partial charge in [0.15, 0.2) is 24.0 Å². The third-order valence-electron chi connectivity index (χ3n) is 9.69. The Morgan fingerprint density at radius 3 is 2.43 bits per heavy atom. The molecule has 2 fully saturated rings. The van der Waals surface area contributed by atoms with Gasteiger partial charge in [0, 0.05) is 44.6 Å². The Labute approximate surface area is 312 Å². The Morgan fingerprint density at radius 2 is 1.72 bits per heavy atom.